The van der Waals surface area contributed by atoms with Crippen molar-refractivity contribution in [3.8, 4) is 5.69 Å². The highest BCUT2D eigenvalue weighted by atomic mass is 19.1. The molecule has 0 aliphatic heterocycles. The molecule has 0 aliphatic rings. The third kappa shape index (κ3) is 3.12. The second-order valence-corrected chi connectivity index (χ2v) is 4.90. The lowest BCUT2D eigenvalue weighted by Crippen LogP contribution is -2.14. The van der Waals surface area contributed by atoms with Gasteiger partial charge in [-0.05, 0) is 42.5 Å². The zero-order chi connectivity index (χ0) is 17.1. The molecule has 0 bridgehead atoms. The molecule has 8 heteroatoms. The Morgan fingerprint density at radius 3 is 2.38 bits per heavy atom. The minimum atomic E-state index is -0.576. The number of carbonyl (C=O) groups excluding carboxylic acids is 2. The SMILES string of the molecule is NC(=O)c1ccc(C(=O)Nc2ccc(-n3cncn3)c(F)c2)cc1. The van der Waals surface area contributed by atoms with Crippen molar-refractivity contribution < 1.29 is 14.0 Å². The molecule has 0 unspecified atom stereocenters. The number of rotatable bonds is 4. The largest absolute Gasteiger partial charge is 0.366 e. The van der Waals surface area contributed by atoms with Crippen LogP contribution in [0.15, 0.2) is 55.1 Å². The molecular formula is C16H12FN5O2. The topological polar surface area (TPSA) is 103 Å². The fourth-order valence-electron chi connectivity index (χ4n) is 2.09. The number of primary amides is 1. The highest BCUT2D eigenvalue weighted by molar-refractivity contribution is 6.05. The van der Waals surface area contributed by atoms with E-state index in [1.54, 1.807) is 6.07 Å². The maximum absolute atomic E-state index is 14.1. The van der Waals surface area contributed by atoms with Crippen LogP contribution >= 0.6 is 0 Å². The summed E-state index contributed by atoms with van der Waals surface area (Å²) in [6.45, 7) is 0. The second kappa shape index (κ2) is 6.29. The number of carbonyl (C=O) groups is 2. The Morgan fingerprint density at radius 2 is 1.79 bits per heavy atom. The number of anilines is 1. The number of amides is 2. The van der Waals surface area contributed by atoms with Gasteiger partial charge in [0, 0.05) is 16.8 Å². The summed E-state index contributed by atoms with van der Waals surface area (Å²) >= 11 is 0. The van der Waals surface area contributed by atoms with E-state index in [1.165, 1.54) is 53.7 Å². The quantitative estimate of drug-likeness (QED) is 0.763. The summed E-state index contributed by atoms with van der Waals surface area (Å²) in [5.41, 5.74) is 6.27. The normalized spacial score (nSPS) is 10.4. The molecule has 0 fully saturated rings. The van der Waals surface area contributed by atoms with Gasteiger partial charge >= 0.3 is 0 Å². The van der Waals surface area contributed by atoms with Gasteiger partial charge in [-0.15, -0.1) is 0 Å². The Morgan fingerprint density at radius 1 is 1.08 bits per heavy atom. The van der Waals surface area contributed by atoms with E-state index in [9.17, 15) is 14.0 Å². The number of hydrogen-bond acceptors (Lipinski definition) is 4. The van der Waals surface area contributed by atoms with Crippen LogP contribution < -0.4 is 11.1 Å². The average molecular weight is 325 g/mol. The maximum atomic E-state index is 14.1. The molecular weight excluding hydrogens is 313 g/mol. The third-order valence-corrected chi connectivity index (χ3v) is 3.30. The Hall–Kier alpha value is -3.55. The highest BCUT2D eigenvalue weighted by Crippen LogP contribution is 2.18. The molecule has 3 aromatic rings. The monoisotopic (exact) mass is 325 g/mol. The van der Waals surface area contributed by atoms with Crippen molar-refractivity contribution in [3.05, 3.63) is 72.1 Å². The first-order valence-electron chi connectivity index (χ1n) is 6.90. The van der Waals surface area contributed by atoms with E-state index in [1.807, 2.05) is 0 Å². The lowest BCUT2D eigenvalue weighted by Gasteiger charge is -2.08. The van der Waals surface area contributed by atoms with Gasteiger partial charge in [0.05, 0.1) is 0 Å². The Balaban J connectivity index is 1.77. The van der Waals surface area contributed by atoms with E-state index >= 15 is 0 Å². The van der Waals surface area contributed by atoms with Gasteiger partial charge < -0.3 is 11.1 Å². The summed E-state index contributed by atoms with van der Waals surface area (Å²) in [7, 11) is 0. The van der Waals surface area contributed by atoms with Crippen molar-refractivity contribution in [3.63, 3.8) is 0 Å². The van der Waals surface area contributed by atoms with Gasteiger partial charge in [-0.1, -0.05) is 0 Å². The summed E-state index contributed by atoms with van der Waals surface area (Å²) in [4.78, 5) is 26.9. The molecule has 0 atom stereocenters. The molecule has 3 rings (SSSR count). The minimum absolute atomic E-state index is 0.219. The second-order valence-electron chi connectivity index (χ2n) is 4.90. The number of hydrogen-bond donors (Lipinski definition) is 2. The molecule has 7 nitrogen and oxygen atoms in total. The van der Waals surface area contributed by atoms with Crippen molar-refractivity contribution in [1.82, 2.24) is 14.8 Å². The highest BCUT2D eigenvalue weighted by Gasteiger charge is 2.10. The molecule has 1 heterocycles. The lowest BCUT2D eigenvalue weighted by atomic mass is 10.1. The van der Waals surface area contributed by atoms with E-state index in [0.717, 1.165) is 0 Å². The first-order valence-corrected chi connectivity index (χ1v) is 6.90. The lowest BCUT2D eigenvalue weighted by molar-refractivity contribution is 0.0995. The number of nitrogens with two attached hydrogens (primary N) is 1. The van der Waals surface area contributed by atoms with Gasteiger partial charge in [0.2, 0.25) is 5.91 Å². The fourth-order valence-corrected chi connectivity index (χ4v) is 2.09. The molecule has 0 aliphatic carbocycles. The molecule has 0 saturated heterocycles. The van der Waals surface area contributed by atoms with Crippen LogP contribution in [0.2, 0.25) is 0 Å². The molecule has 3 N–H and O–H groups in total. The van der Waals surface area contributed by atoms with Gasteiger partial charge in [-0.25, -0.2) is 14.1 Å². The van der Waals surface area contributed by atoms with E-state index in [4.69, 9.17) is 5.73 Å². The summed E-state index contributed by atoms with van der Waals surface area (Å²) in [5, 5.41) is 6.43. The van der Waals surface area contributed by atoms with Crippen molar-refractivity contribution >= 4 is 17.5 Å². The van der Waals surface area contributed by atoms with Crippen LogP contribution in [0.1, 0.15) is 20.7 Å². The van der Waals surface area contributed by atoms with Crippen LogP contribution in [0.25, 0.3) is 5.69 Å². The maximum Gasteiger partial charge on any atom is 0.255 e. The van der Waals surface area contributed by atoms with E-state index in [2.05, 4.69) is 15.4 Å². The molecule has 120 valence electrons. The molecule has 0 spiro atoms. The predicted molar refractivity (Wildman–Crippen MR) is 84.2 cm³/mol. The van der Waals surface area contributed by atoms with Crippen molar-refractivity contribution in [1.29, 1.82) is 0 Å². The first-order chi connectivity index (χ1) is 11.5. The number of nitrogens with zero attached hydrogens (tertiary/aromatic N) is 3. The minimum Gasteiger partial charge on any atom is -0.366 e. The number of halogens is 1. The van der Waals surface area contributed by atoms with Gasteiger partial charge in [0.15, 0.2) is 5.82 Å². The molecule has 0 radical (unpaired) electrons. The van der Waals surface area contributed by atoms with Crippen LogP contribution in [-0.4, -0.2) is 26.6 Å². The van der Waals surface area contributed by atoms with Gasteiger partial charge in [0.1, 0.15) is 18.3 Å². The summed E-state index contributed by atoms with van der Waals surface area (Å²) < 4.78 is 15.4. The van der Waals surface area contributed by atoms with Crippen LogP contribution in [-0.2, 0) is 0 Å². The summed E-state index contributed by atoms with van der Waals surface area (Å²) in [5.74, 6) is -1.56. The fraction of sp³-hybridized carbons (Fsp3) is 0. The molecule has 2 amide bonds. The molecule has 24 heavy (non-hydrogen) atoms. The first kappa shape index (κ1) is 15.3. The Kier molecular flexibility index (Phi) is 4.02. The van der Waals surface area contributed by atoms with Crippen molar-refractivity contribution in [2.75, 3.05) is 5.32 Å². The molecule has 0 saturated carbocycles. The molecule has 2 aromatic carbocycles. The third-order valence-electron chi connectivity index (χ3n) is 3.30. The Bertz CT molecular complexity index is 891. The van der Waals surface area contributed by atoms with E-state index in [0.29, 0.717) is 16.8 Å². The zero-order valence-corrected chi connectivity index (χ0v) is 12.3. The standard InChI is InChI=1S/C16H12FN5O2/c17-13-7-12(5-6-14(13)22-9-19-8-20-22)21-16(24)11-3-1-10(2-4-11)15(18)23/h1-9H,(H2,18,23)(H,21,24). The predicted octanol–water partition coefficient (Wildman–Crippen LogP) is 1.76. The number of benzene rings is 2. The summed E-state index contributed by atoms with van der Waals surface area (Å²) in [6, 6.07) is 10.1. The van der Waals surface area contributed by atoms with Gasteiger partial charge in [0.25, 0.3) is 5.91 Å². The van der Waals surface area contributed by atoms with Gasteiger partial charge in [-0.3, -0.25) is 9.59 Å². The van der Waals surface area contributed by atoms with E-state index < -0.39 is 17.6 Å². The van der Waals surface area contributed by atoms with Crippen LogP contribution in [0, 0.1) is 5.82 Å². The van der Waals surface area contributed by atoms with Crippen molar-refractivity contribution in [2.45, 2.75) is 0 Å². The zero-order valence-electron chi connectivity index (χ0n) is 12.3. The molecule has 1 aromatic heterocycles. The Labute approximate surface area is 135 Å². The summed E-state index contributed by atoms with van der Waals surface area (Å²) in [6.07, 6.45) is 2.67. The average Bonchev–Trinajstić information content (AvgIpc) is 3.09. The van der Waals surface area contributed by atoms with Crippen LogP contribution in [0.5, 0.6) is 0 Å². The van der Waals surface area contributed by atoms with E-state index in [-0.39, 0.29) is 5.69 Å². The van der Waals surface area contributed by atoms with Crippen molar-refractivity contribution in [2.24, 2.45) is 5.73 Å². The number of nitrogens with one attached hydrogen (secondary N) is 1. The number of aromatic nitrogens is 3. The van der Waals surface area contributed by atoms with Crippen LogP contribution in [0.3, 0.4) is 0 Å². The van der Waals surface area contributed by atoms with Crippen LogP contribution in [0.4, 0.5) is 10.1 Å². The van der Waals surface area contributed by atoms with Gasteiger partial charge in [-0.2, -0.15) is 5.10 Å². The smallest absolute Gasteiger partial charge is 0.255 e.